The highest BCUT2D eigenvalue weighted by molar-refractivity contribution is 6.02. The molecule has 1 saturated heterocycles. The van der Waals surface area contributed by atoms with Crippen LogP contribution < -0.4 is 4.90 Å². The third kappa shape index (κ3) is 3.47. The molecule has 1 aliphatic rings. The number of anilines is 1. The van der Waals surface area contributed by atoms with E-state index in [2.05, 4.69) is 16.0 Å². The molecule has 0 bridgehead atoms. The van der Waals surface area contributed by atoms with Crippen molar-refractivity contribution in [3.8, 4) is 6.07 Å². The molecular weight excluding hydrogens is 328 g/mol. The van der Waals surface area contributed by atoms with Gasteiger partial charge in [0, 0.05) is 30.3 Å². The number of aryl methyl sites for hydroxylation is 3. The molecule has 3 rings (SSSR count). The van der Waals surface area contributed by atoms with Crippen LogP contribution >= 0.6 is 0 Å². The standard InChI is InChI=1S/C20H20N4O2/c1-12-4-6-16(7-5-12)24-11-15(9-19(24)25)20(26)17(10-21)18-8-13(2)22-14(3)23-18/h4-8,15,17H,9,11H2,1-3H3/t15-,17+/m0/s1. The number of rotatable bonds is 4. The second-order valence-electron chi connectivity index (χ2n) is 6.69. The number of ketones is 1. The van der Waals surface area contributed by atoms with Gasteiger partial charge in [-0.15, -0.1) is 0 Å². The molecule has 6 nitrogen and oxygen atoms in total. The van der Waals surface area contributed by atoms with Crippen LogP contribution in [0.5, 0.6) is 0 Å². The average molecular weight is 348 g/mol. The minimum atomic E-state index is -0.980. The molecule has 1 aromatic heterocycles. The molecule has 26 heavy (non-hydrogen) atoms. The van der Waals surface area contributed by atoms with Crippen LogP contribution in [0.25, 0.3) is 0 Å². The number of hydrogen-bond donors (Lipinski definition) is 0. The summed E-state index contributed by atoms with van der Waals surface area (Å²) in [6.45, 7) is 5.80. The van der Waals surface area contributed by atoms with Crippen molar-refractivity contribution in [1.82, 2.24) is 9.97 Å². The molecule has 2 heterocycles. The maximum atomic E-state index is 12.9. The molecule has 6 heteroatoms. The summed E-state index contributed by atoms with van der Waals surface area (Å²) in [5.41, 5.74) is 3.00. The van der Waals surface area contributed by atoms with E-state index in [1.807, 2.05) is 31.2 Å². The lowest BCUT2D eigenvalue weighted by molar-refractivity contribution is -0.124. The van der Waals surface area contributed by atoms with Gasteiger partial charge in [-0.2, -0.15) is 5.26 Å². The van der Waals surface area contributed by atoms with E-state index in [4.69, 9.17) is 0 Å². The summed E-state index contributed by atoms with van der Waals surface area (Å²) in [5, 5.41) is 9.54. The van der Waals surface area contributed by atoms with Gasteiger partial charge in [-0.1, -0.05) is 17.7 Å². The zero-order valence-corrected chi connectivity index (χ0v) is 15.1. The average Bonchev–Trinajstić information content (AvgIpc) is 2.97. The SMILES string of the molecule is Cc1ccc(N2C[C@@H](C(=O)[C@H](C#N)c3cc(C)nc(C)n3)CC2=O)cc1. The lowest BCUT2D eigenvalue weighted by Crippen LogP contribution is -2.27. The molecule has 0 N–H and O–H groups in total. The Morgan fingerprint density at radius 3 is 2.54 bits per heavy atom. The summed E-state index contributed by atoms with van der Waals surface area (Å²) in [6, 6.07) is 11.3. The van der Waals surface area contributed by atoms with E-state index in [1.54, 1.807) is 24.8 Å². The summed E-state index contributed by atoms with van der Waals surface area (Å²) in [6.07, 6.45) is 0.119. The summed E-state index contributed by atoms with van der Waals surface area (Å²) in [4.78, 5) is 35.4. The lowest BCUT2D eigenvalue weighted by atomic mass is 9.90. The van der Waals surface area contributed by atoms with E-state index >= 15 is 0 Å². The number of aromatic nitrogens is 2. The van der Waals surface area contributed by atoms with Gasteiger partial charge in [0.15, 0.2) is 5.78 Å². The van der Waals surface area contributed by atoms with E-state index < -0.39 is 11.8 Å². The maximum absolute atomic E-state index is 12.9. The first-order chi connectivity index (χ1) is 12.4. The molecule has 0 saturated carbocycles. The molecule has 0 radical (unpaired) electrons. The second-order valence-corrected chi connectivity index (χ2v) is 6.69. The quantitative estimate of drug-likeness (QED) is 0.848. The predicted octanol–water partition coefficient (Wildman–Crippen LogP) is 2.63. The Morgan fingerprint density at radius 1 is 1.23 bits per heavy atom. The van der Waals surface area contributed by atoms with Crippen molar-refractivity contribution in [2.75, 3.05) is 11.4 Å². The van der Waals surface area contributed by atoms with Crippen LogP contribution in [0, 0.1) is 38.0 Å². The van der Waals surface area contributed by atoms with Gasteiger partial charge in [-0.3, -0.25) is 9.59 Å². The fourth-order valence-electron chi connectivity index (χ4n) is 3.28. The normalized spacial score (nSPS) is 17.8. The Balaban J connectivity index is 1.82. The summed E-state index contributed by atoms with van der Waals surface area (Å²) in [5.74, 6) is -1.32. The van der Waals surface area contributed by atoms with E-state index in [0.29, 0.717) is 23.8 Å². The molecular formula is C20H20N4O2. The van der Waals surface area contributed by atoms with E-state index in [-0.39, 0.29) is 18.1 Å². The Morgan fingerprint density at radius 2 is 1.92 bits per heavy atom. The summed E-state index contributed by atoms with van der Waals surface area (Å²) in [7, 11) is 0. The monoisotopic (exact) mass is 348 g/mol. The van der Waals surface area contributed by atoms with Crippen LogP contribution in [0.2, 0.25) is 0 Å². The first-order valence-corrected chi connectivity index (χ1v) is 8.51. The van der Waals surface area contributed by atoms with Crippen molar-refractivity contribution >= 4 is 17.4 Å². The van der Waals surface area contributed by atoms with Gasteiger partial charge in [0.1, 0.15) is 11.7 Å². The number of nitriles is 1. The molecule has 1 aromatic carbocycles. The van der Waals surface area contributed by atoms with Crippen LogP contribution in [0.15, 0.2) is 30.3 Å². The van der Waals surface area contributed by atoms with E-state index in [0.717, 1.165) is 11.3 Å². The van der Waals surface area contributed by atoms with Crippen molar-refractivity contribution in [2.24, 2.45) is 5.92 Å². The van der Waals surface area contributed by atoms with Gasteiger partial charge in [0.25, 0.3) is 0 Å². The number of carbonyl (C=O) groups is 2. The molecule has 1 fully saturated rings. The van der Waals surface area contributed by atoms with Gasteiger partial charge in [0.2, 0.25) is 5.91 Å². The molecule has 2 aromatic rings. The predicted molar refractivity (Wildman–Crippen MR) is 96.5 cm³/mol. The first kappa shape index (κ1) is 17.7. The highest BCUT2D eigenvalue weighted by Crippen LogP contribution is 2.29. The minimum Gasteiger partial charge on any atom is -0.312 e. The minimum absolute atomic E-state index is 0.0982. The lowest BCUT2D eigenvalue weighted by Gasteiger charge is -2.17. The molecule has 132 valence electrons. The molecule has 1 aliphatic heterocycles. The Kier molecular flexibility index (Phi) is 4.81. The third-order valence-corrected chi connectivity index (χ3v) is 4.57. The van der Waals surface area contributed by atoms with E-state index in [9.17, 15) is 14.9 Å². The van der Waals surface area contributed by atoms with Gasteiger partial charge in [-0.25, -0.2) is 9.97 Å². The highest BCUT2D eigenvalue weighted by atomic mass is 16.2. The maximum Gasteiger partial charge on any atom is 0.227 e. The van der Waals surface area contributed by atoms with Crippen molar-refractivity contribution in [3.63, 3.8) is 0 Å². The van der Waals surface area contributed by atoms with Crippen LogP contribution in [0.4, 0.5) is 5.69 Å². The van der Waals surface area contributed by atoms with Gasteiger partial charge in [0.05, 0.1) is 11.8 Å². The first-order valence-electron chi connectivity index (χ1n) is 8.51. The number of hydrogen-bond acceptors (Lipinski definition) is 5. The Bertz CT molecular complexity index is 879. The number of benzene rings is 1. The summed E-state index contributed by atoms with van der Waals surface area (Å²) < 4.78 is 0. The summed E-state index contributed by atoms with van der Waals surface area (Å²) >= 11 is 0. The van der Waals surface area contributed by atoms with Crippen LogP contribution in [0.1, 0.15) is 35.1 Å². The number of carbonyl (C=O) groups excluding carboxylic acids is 2. The van der Waals surface area contributed by atoms with Gasteiger partial charge < -0.3 is 4.90 Å². The third-order valence-electron chi connectivity index (χ3n) is 4.57. The molecule has 2 atom stereocenters. The molecule has 1 amide bonds. The van der Waals surface area contributed by atoms with Crippen LogP contribution in [-0.2, 0) is 9.59 Å². The highest BCUT2D eigenvalue weighted by Gasteiger charge is 2.39. The van der Waals surface area contributed by atoms with Crippen LogP contribution in [0.3, 0.4) is 0 Å². The van der Waals surface area contributed by atoms with Crippen molar-refractivity contribution in [3.05, 3.63) is 53.1 Å². The smallest absolute Gasteiger partial charge is 0.227 e. The number of amides is 1. The fraction of sp³-hybridized carbons (Fsp3) is 0.350. The Hall–Kier alpha value is -3.07. The van der Waals surface area contributed by atoms with Crippen molar-refractivity contribution in [1.29, 1.82) is 5.26 Å². The zero-order chi connectivity index (χ0) is 18.8. The van der Waals surface area contributed by atoms with Crippen LogP contribution in [-0.4, -0.2) is 28.2 Å². The number of nitrogens with zero attached hydrogens (tertiary/aromatic N) is 4. The molecule has 0 aliphatic carbocycles. The molecule has 0 spiro atoms. The fourth-order valence-corrected chi connectivity index (χ4v) is 3.28. The van der Waals surface area contributed by atoms with Gasteiger partial charge >= 0.3 is 0 Å². The van der Waals surface area contributed by atoms with Gasteiger partial charge in [-0.05, 0) is 39.0 Å². The van der Waals surface area contributed by atoms with Crippen molar-refractivity contribution in [2.45, 2.75) is 33.1 Å². The topological polar surface area (TPSA) is 86.9 Å². The van der Waals surface area contributed by atoms with E-state index in [1.165, 1.54) is 0 Å². The second kappa shape index (κ2) is 7.04. The molecule has 0 unspecified atom stereocenters. The largest absolute Gasteiger partial charge is 0.312 e. The Labute approximate surface area is 152 Å². The number of Topliss-reactive ketones (excluding diaryl/α,β-unsaturated/α-hetero) is 1. The zero-order valence-electron chi connectivity index (χ0n) is 15.1. The van der Waals surface area contributed by atoms with Crippen molar-refractivity contribution < 1.29 is 9.59 Å².